The molecular weight excluding hydrogens is 264 g/mol. The van der Waals surface area contributed by atoms with Crippen LogP contribution in [0.3, 0.4) is 0 Å². The third kappa shape index (κ3) is 3.59. The standard InChI is InChI=1S/C17H32N2O2/c1-3-13-7-4-5-9-15(13)21-12-10-14-8-6-11-17(14,19-2)16(18)20/h13-15,19H,3-12H2,1-2H3,(H2,18,20). The van der Waals surface area contributed by atoms with Crippen molar-refractivity contribution in [1.82, 2.24) is 5.32 Å². The highest BCUT2D eigenvalue weighted by Gasteiger charge is 2.46. The molecule has 3 N–H and O–H groups in total. The van der Waals surface area contributed by atoms with E-state index in [-0.39, 0.29) is 5.91 Å². The van der Waals surface area contributed by atoms with E-state index in [1.54, 1.807) is 0 Å². The first-order chi connectivity index (χ1) is 10.1. The van der Waals surface area contributed by atoms with Gasteiger partial charge < -0.3 is 15.8 Å². The second-order valence-electron chi connectivity index (χ2n) is 6.83. The molecule has 0 aromatic carbocycles. The highest BCUT2D eigenvalue weighted by molar-refractivity contribution is 5.85. The van der Waals surface area contributed by atoms with Gasteiger partial charge in [-0.2, -0.15) is 0 Å². The Balaban J connectivity index is 1.83. The molecule has 4 nitrogen and oxygen atoms in total. The zero-order valence-corrected chi connectivity index (χ0v) is 13.7. The third-order valence-corrected chi connectivity index (χ3v) is 5.87. The fourth-order valence-corrected chi connectivity index (χ4v) is 4.47. The molecule has 2 fully saturated rings. The number of hydrogen-bond acceptors (Lipinski definition) is 3. The third-order valence-electron chi connectivity index (χ3n) is 5.87. The molecule has 2 aliphatic carbocycles. The number of amides is 1. The number of rotatable bonds is 7. The first kappa shape index (κ1) is 16.8. The average Bonchev–Trinajstić information content (AvgIpc) is 2.92. The zero-order chi connectivity index (χ0) is 15.3. The number of primary amides is 1. The van der Waals surface area contributed by atoms with Gasteiger partial charge in [0.1, 0.15) is 5.54 Å². The molecular formula is C17H32N2O2. The molecule has 2 saturated carbocycles. The van der Waals surface area contributed by atoms with Crippen molar-refractivity contribution in [3.8, 4) is 0 Å². The molecule has 0 saturated heterocycles. The van der Waals surface area contributed by atoms with Crippen molar-refractivity contribution >= 4 is 5.91 Å². The van der Waals surface area contributed by atoms with E-state index in [0.717, 1.165) is 38.2 Å². The number of likely N-dealkylation sites (N-methyl/N-ethyl adjacent to an activating group) is 1. The van der Waals surface area contributed by atoms with Crippen molar-refractivity contribution in [2.75, 3.05) is 13.7 Å². The lowest BCUT2D eigenvalue weighted by atomic mass is 9.83. The van der Waals surface area contributed by atoms with Gasteiger partial charge in [-0.25, -0.2) is 0 Å². The van der Waals surface area contributed by atoms with Crippen LogP contribution in [0.25, 0.3) is 0 Å². The molecule has 4 unspecified atom stereocenters. The zero-order valence-electron chi connectivity index (χ0n) is 13.7. The number of nitrogens with two attached hydrogens (primary N) is 1. The van der Waals surface area contributed by atoms with Crippen molar-refractivity contribution in [2.45, 2.75) is 76.4 Å². The van der Waals surface area contributed by atoms with Gasteiger partial charge in [-0.15, -0.1) is 0 Å². The molecule has 122 valence electrons. The van der Waals surface area contributed by atoms with E-state index in [2.05, 4.69) is 12.2 Å². The van der Waals surface area contributed by atoms with Crippen molar-refractivity contribution < 1.29 is 9.53 Å². The van der Waals surface area contributed by atoms with E-state index >= 15 is 0 Å². The highest BCUT2D eigenvalue weighted by Crippen LogP contribution is 2.38. The number of carbonyl (C=O) groups excluding carboxylic acids is 1. The van der Waals surface area contributed by atoms with Gasteiger partial charge in [-0.05, 0) is 51.0 Å². The summed E-state index contributed by atoms with van der Waals surface area (Å²) in [6, 6.07) is 0. The van der Waals surface area contributed by atoms with Crippen LogP contribution in [0.5, 0.6) is 0 Å². The van der Waals surface area contributed by atoms with E-state index in [0.29, 0.717) is 12.0 Å². The van der Waals surface area contributed by atoms with Gasteiger partial charge in [0.25, 0.3) is 0 Å². The van der Waals surface area contributed by atoms with Crippen molar-refractivity contribution in [2.24, 2.45) is 17.6 Å². The Labute approximate surface area is 129 Å². The predicted molar refractivity (Wildman–Crippen MR) is 84.9 cm³/mol. The Kier molecular flexibility index (Phi) is 6.06. The number of hydrogen-bond donors (Lipinski definition) is 2. The fourth-order valence-electron chi connectivity index (χ4n) is 4.47. The summed E-state index contributed by atoms with van der Waals surface area (Å²) in [6.45, 7) is 3.03. The summed E-state index contributed by atoms with van der Waals surface area (Å²) >= 11 is 0. The van der Waals surface area contributed by atoms with E-state index < -0.39 is 5.54 Å². The molecule has 4 atom stereocenters. The lowest BCUT2D eigenvalue weighted by molar-refractivity contribution is -0.126. The minimum atomic E-state index is -0.500. The van der Waals surface area contributed by atoms with Crippen molar-refractivity contribution in [3.63, 3.8) is 0 Å². The van der Waals surface area contributed by atoms with Crippen LogP contribution < -0.4 is 11.1 Å². The molecule has 2 aliphatic rings. The van der Waals surface area contributed by atoms with Crippen LogP contribution >= 0.6 is 0 Å². The summed E-state index contributed by atoms with van der Waals surface area (Å²) in [4.78, 5) is 11.8. The first-order valence-electron chi connectivity index (χ1n) is 8.74. The smallest absolute Gasteiger partial charge is 0.238 e. The van der Waals surface area contributed by atoms with Crippen LogP contribution in [0.4, 0.5) is 0 Å². The van der Waals surface area contributed by atoms with Crippen LogP contribution in [0.15, 0.2) is 0 Å². The maximum atomic E-state index is 11.8. The molecule has 2 rings (SSSR count). The number of carbonyl (C=O) groups is 1. The average molecular weight is 296 g/mol. The molecule has 0 bridgehead atoms. The van der Waals surface area contributed by atoms with Gasteiger partial charge in [0.2, 0.25) is 5.91 Å². The topological polar surface area (TPSA) is 64.3 Å². The summed E-state index contributed by atoms with van der Waals surface area (Å²) in [6.07, 6.45) is 10.8. The first-order valence-corrected chi connectivity index (χ1v) is 8.74. The Morgan fingerprint density at radius 3 is 2.71 bits per heavy atom. The predicted octanol–water partition coefficient (Wildman–Crippen LogP) is 2.61. The normalized spacial score (nSPS) is 36.8. The van der Waals surface area contributed by atoms with Gasteiger partial charge in [0.05, 0.1) is 6.10 Å². The highest BCUT2D eigenvalue weighted by atomic mass is 16.5. The quantitative estimate of drug-likeness (QED) is 0.759. The van der Waals surface area contributed by atoms with Gasteiger partial charge in [-0.1, -0.05) is 32.6 Å². The second kappa shape index (κ2) is 7.59. The lowest BCUT2D eigenvalue weighted by Crippen LogP contribution is -2.56. The Bertz CT molecular complexity index is 348. The summed E-state index contributed by atoms with van der Waals surface area (Å²) in [5.41, 5.74) is 5.15. The summed E-state index contributed by atoms with van der Waals surface area (Å²) in [5.74, 6) is 0.854. The molecule has 21 heavy (non-hydrogen) atoms. The molecule has 0 aliphatic heterocycles. The Hall–Kier alpha value is -0.610. The van der Waals surface area contributed by atoms with E-state index in [1.165, 1.54) is 32.1 Å². The second-order valence-corrected chi connectivity index (χ2v) is 6.83. The van der Waals surface area contributed by atoms with E-state index in [4.69, 9.17) is 10.5 Å². The molecule has 1 amide bonds. The van der Waals surface area contributed by atoms with Crippen molar-refractivity contribution in [3.05, 3.63) is 0 Å². The molecule has 0 spiro atoms. The van der Waals surface area contributed by atoms with E-state index in [9.17, 15) is 4.79 Å². The van der Waals surface area contributed by atoms with Crippen molar-refractivity contribution in [1.29, 1.82) is 0 Å². The van der Waals surface area contributed by atoms with Crippen LogP contribution in [-0.4, -0.2) is 31.2 Å². The SMILES string of the molecule is CCC1CCCCC1OCCC1CCCC1(NC)C(N)=O. The van der Waals surface area contributed by atoms with E-state index in [1.807, 2.05) is 7.05 Å². The molecule has 0 aromatic heterocycles. The van der Waals surface area contributed by atoms with Gasteiger partial charge in [0, 0.05) is 6.61 Å². The minimum absolute atomic E-state index is 0.198. The largest absolute Gasteiger partial charge is 0.378 e. The molecule has 4 heteroatoms. The Morgan fingerprint density at radius 2 is 2.05 bits per heavy atom. The van der Waals surface area contributed by atoms with Gasteiger partial charge in [0.15, 0.2) is 0 Å². The van der Waals surface area contributed by atoms with Crippen LogP contribution in [0.2, 0.25) is 0 Å². The molecule has 0 aromatic rings. The molecule has 0 radical (unpaired) electrons. The van der Waals surface area contributed by atoms with Gasteiger partial charge in [-0.3, -0.25) is 4.79 Å². The Morgan fingerprint density at radius 1 is 1.29 bits per heavy atom. The minimum Gasteiger partial charge on any atom is -0.378 e. The summed E-state index contributed by atoms with van der Waals surface area (Å²) in [5, 5.41) is 3.21. The monoisotopic (exact) mass is 296 g/mol. The fraction of sp³-hybridized carbons (Fsp3) is 0.941. The summed E-state index contributed by atoms with van der Waals surface area (Å²) in [7, 11) is 1.86. The van der Waals surface area contributed by atoms with Crippen LogP contribution in [0, 0.1) is 11.8 Å². The maximum Gasteiger partial charge on any atom is 0.238 e. The number of ether oxygens (including phenoxy) is 1. The lowest BCUT2D eigenvalue weighted by Gasteiger charge is -2.34. The molecule has 0 heterocycles. The van der Waals surface area contributed by atoms with Gasteiger partial charge >= 0.3 is 0 Å². The maximum absolute atomic E-state index is 11.8. The summed E-state index contributed by atoms with van der Waals surface area (Å²) < 4.78 is 6.19. The van der Waals surface area contributed by atoms with Crippen LogP contribution in [-0.2, 0) is 9.53 Å². The number of nitrogens with one attached hydrogen (secondary N) is 1. The van der Waals surface area contributed by atoms with Crippen LogP contribution in [0.1, 0.15) is 64.7 Å².